The van der Waals surface area contributed by atoms with E-state index in [1.54, 1.807) is 18.2 Å². The molecule has 2 aliphatic heterocycles. The summed E-state index contributed by atoms with van der Waals surface area (Å²) in [6.45, 7) is 2.79. The van der Waals surface area contributed by atoms with Gasteiger partial charge in [-0.05, 0) is 49.7 Å². The fourth-order valence-electron chi connectivity index (χ4n) is 6.56. The number of carbonyl (C=O) groups excluding carboxylic acids is 4. The molecule has 6 aromatic rings. The standard InChI is InChI=1S/2C20H12ClF2NO2S/c1-20(11-7-3-5-9-13(11)23)16(25)15-14(10-6-2-4-8-12(10)22)17(21)27-18(15)24-19(20)26;1-20(10-5-4-6-11(22)9-10)16(25)15-14(12-7-2-3-8-13(12)23)17(21)27-18(15)24-19(20)26/h2*2-9H,1H3,(H,24,26). The number of ketones is 2. The van der Waals surface area contributed by atoms with Gasteiger partial charge in [0, 0.05) is 27.8 Å². The number of rotatable bonds is 4. The first-order valence-electron chi connectivity index (χ1n) is 16.1. The largest absolute Gasteiger partial charge is 0.316 e. The van der Waals surface area contributed by atoms with Gasteiger partial charge in [-0.2, -0.15) is 0 Å². The Morgan fingerprint density at radius 2 is 0.981 bits per heavy atom. The molecule has 2 aromatic heterocycles. The van der Waals surface area contributed by atoms with Gasteiger partial charge in [-0.15, -0.1) is 22.7 Å². The van der Waals surface area contributed by atoms with Gasteiger partial charge in [0.05, 0.1) is 11.1 Å². The number of Topliss-reactive ketones (excluding diaryl/α,β-unsaturated/α-hetero) is 2. The van der Waals surface area contributed by atoms with Gasteiger partial charge in [0.2, 0.25) is 11.8 Å². The van der Waals surface area contributed by atoms with E-state index in [1.807, 2.05) is 0 Å². The van der Waals surface area contributed by atoms with Gasteiger partial charge in [-0.3, -0.25) is 19.2 Å². The van der Waals surface area contributed by atoms with Crippen molar-refractivity contribution in [2.24, 2.45) is 0 Å². The van der Waals surface area contributed by atoms with Crippen molar-refractivity contribution in [3.05, 3.63) is 151 Å². The zero-order valence-electron chi connectivity index (χ0n) is 28.0. The van der Waals surface area contributed by atoms with Gasteiger partial charge in [-0.1, -0.05) is 89.9 Å². The van der Waals surface area contributed by atoms with Crippen molar-refractivity contribution in [1.82, 2.24) is 0 Å². The number of amides is 2. The Morgan fingerprint density at radius 1 is 0.537 bits per heavy atom. The molecule has 0 aliphatic carbocycles. The van der Waals surface area contributed by atoms with Crippen molar-refractivity contribution in [2.75, 3.05) is 10.6 Å². The first kappa shape index (κ1) is 37.2. The summed E-state index contributed by atoms with van der Waals surface area (Å²) in [5.74, 6) is -4.69. The van der Waals surface area contributed by atoms with Crippen LogP contribution in [0.2, 0.25) is 8.67 Å². The van der Waals surface area contributed by atoms with Gasteiger partial charge in [0.1, 0.15) is 52.8 Å². The Kier molecular flexibility index (Phi) is 9.59. The predicted molar refractivity (Wildman–Crippen MR) is 203 cm³/mol. The van der Waals surface area contributed by atoms with Crippen LogP contribution >= 0.6 is 45.9 Å². The molecule has 4 heterocycles. The summed E-state index contributed by atoms with van der Waals surface area (Å²) in [5.41, 5.74) is -2.25. The molecular weight excluding hydrogens is 783 g/mol. The molecular formula is C40H24Cl2F4N2O4S2. The van der Waals surface area contributed by atoms with Crippen LogP contribution in [0.15, 0.2) is 97.1 Å². The summed E-state index contributed by atoms with van der Waals surface area (Å²) < 4.78 is 57.3. The fourth-order valence-corrected chi connectivity index (χ4v) is 9.28. The second-order valence-electron chi connectivity index (χ2n) is 12.7. The summed E-state index contributed by atoms with van der Waals surface area (Å²) in [5, 5.41) is 5.82. The van der Waals surface area contributed by atoms with E-state index >= 15 is 0 Å². The average Bonchev–Trinajstić information content (AvgIpc) is 3.65. The Labute approximate surface area is 323 Å². The highest BCUT2D eigenvalue weighted by atomic mass is 35.5. The fraction of sp³-hybridized carbons (Fsp3) is 0.100. The summed E-state index contributed by atoms with van der Waals surface area (Å²) in [6.07, 6.45) is 0. The summed E-state index contributed by atoms with van der Waals surface area (Å²) >= 11 is 14.6. The molecule has 14 heteroatoms. The minimum absolute atomic E-state index is 0.0417. The molecule has 272 valence electrons. The van der Waals surface area contributed by atoms with Crippen molar-refractivity contribution in [3.8, 4) is 22.3 Å². The third-order valence-electron chi connectivity index (χ3n) is 9.56. The first-order chi connectivity index (χ1) is 25.7. The highest BCUT2D eigenvalue weighted by Gasteiger charge is 2.52. The van der Waals surface area contributed by atoms with E-state index in [2.05, 4.69) is 10.6 Å². The normalized spacial score (nSPS) is 19.0. The Bertz CT molecular complexity index is 2570. The van der Waals surface area contributed by atoms with Crippen molar-refractivity contribution in [2.45, 2.75) is 24.7 Å². The lowest BCUT2D eigenvalue weighted by atomic mass is 9.72. The zero-order chi connectivity index (χ0) is 38.7. The van der Waals surface area contributed by atoms with Gasteiger partial charge >= 0.3 is 0 Å². The number of anilines is 2. The van der Waals surface area contributed by atoms with E-state index in [1.165, 1.54) is 86.6 Å². The third-order valence-corrected chi connectivity index (χ3v) is 12.2. The van der Waals surface area contributed by atoms with Crippen LogP contribution in [-0.4, -0.2) is 23.4 Å². The quantitative estimate of drug-likeness (QED) is 0.137. The maximum Gasteiger partial charge on any atom is 0.243 e. The molecule has 6 nitrogen and oxygen atoms in total. The Hall–Kier alpha value is -5.14. The number of halogens is 6. The number of nitrogens with one attached hydrogen (secondary N) is 2. The van der Waals surface area contributed by atoms with Crippen molar-refractivity contribution in [3.63, 3.8) is 0 Å². The van der Waals surface area contributed by atoms with E-state index in [0.29, 0.717) is 0 Å². The van der Waals surface area contributed by atoms with Gasteiger partial charge in [0.15, 0.2) is 11.6 Å². The maximum absolute atomic E-state index is 14.4. The van der Waals surface area contributed by atoms with Crippen LogP contribution in [-0.2, 0) is 20.4 Å². The number of fused-ring (bicyclic) bond motifs is 2. The van der Waals surface area contributed by atoms with E-state index in [-0.39, 0.29) is 63.2 Å². The topological polar surface area (TPSA) is 92.3 Å². The van der Waals surface area contributed by atoms with Crippen LogP contribution in [0.1, 0.15) is 45.7 Å². The Balaban J connectivity index is 0.000000167. The summed E-state index contributed by atoms with van der Waals surface area (Å²) in [7, 11) is 0. The highest BCUT2D eigenvalue weighted by molar-refractivity contribution is 7.21. The van der Waals surface area contributed by atoms with Crippen molar-refractivity contribution >= 4 is 79.3 Å². The van der Waals surface area contributed by atoms with Gasteiger partial charge in [-0.25, -0.2) is 17.6 Å². The molecule has 2 atom stereocenters. The minimum Gasteiger partial charge on any atom is -0.316 e. The second kappa shape index (κ2) is 13.9. The van der Waals surface area contributed by atoms with Crippen molar-refractivity contribution in [1.29, 1.82) is 0 Å². The molecule has 54 heavy (non-hydrogen) atoms. The maximum atomic E-state index is 14.4. The SMILES string of the molecule is CC1(c2cccc(F)c2)C(=O)Nc2sc(Cl)c(-c3ccccc3F)c2C1=O.CC1(c2ccccc2F)C(=O)Nc2sc(Cl)c(-c3ccccc3F)c2C1=O. The van der Waals surface area contributed by atoms with Crippen molar-refractivity contribution < 1.29 is 36.7 Å². The van der Waals surface area contributed by atoms with E-state index in [4.69, 9.17) is 23.2 Å². The monoisotopic (exact) mass is 806 g/mol. The predicted octanol–water partition coefficient (Wildman–Crippen LogP) is 10.9. The molecule has 2 N–H and O–H groups in total. The molecule has 0 spiro atoms. The smallest absolute Gasteiger partial charge is 0.243 e. The van der Waals surface area contributed by atoms with Crippen LogP contribution in [0.25, 0.3) is 22.3 Å². The molecule has 0 bridgehead atoms. The van der Waals surface area contributed by atoms with E-state index < -0.39 is 57.5 Å². The zero-order valence-corrected chi connectivity index (χ0v) is 31.1. The van der Waals surface area contributed by atoms with Crippen LogP contribution in [0.3, 0.4) is 0 Å². The number of carbonyl (C=O) groups is 4. The van der Waals surface area contributed by atoms with Crippen LogP contribution in [0.4, 0.5) is 27.6 Å². The number of hydrogen-bond donors (Lipinski definition) is 2. The van der Waals surface area contributed by atoms with E-state index in [9.17, 15) is 36.7 Å². The van der Waals surface area contributed by atoms with Crippen LogP contribution < -0.4 is 10.6 Å². The average molecular weight is 808 g/mol. The van der Waals surface area contributed by atoms with Gasteiger partial charge in [0.25, 0.3) is 0 Å². The lowest BCUT2D eigenvalue weighted by Crippen LogP contribution is -2.48. The second-order valence-corrected chi connectivity index (χ2v) is 15.9. The molecule has 8 rings (SSSR count). The number of thiophene rings is 2. The summed E-state index contributed by atoms with van der Waals surface area (Å²) in [6, 6.07) is 22.8. The van der Waals surface area contributed by atoms with Crippen LogP contribution in [0.5, 0.6) is 0 Å². The van der Waals surface area contributed by atoms with E-state index in [0.717, 1.165) is 28.7 Å². The lowest BCUT2D eigenvalue weighted by Gasteiger charge is -2.32. The third kappa shape index (κ3) is 5.84. The molecule has 0 saturated carbocycles. The van der Waals surface area contributed by atoms with Gasteiger partial charge < -0.3 is 10.6 Å². The highest BCUT2D eigenvalue weighted by Crippen LogP contribution is 2.51. The first-order valence-corrected chi connectivity index (χ1v) is 18.5. The number of hydrogen-bond acceptors (Lipinski definition) is 6. The molecule has 2 unspecified atom stereocenters. The lowest BCUT2D eigenvalue weighted by molar-refractivity contribution is -0.120. The molecule has 2 aliphatic rings. The molecule has 0 fully saturated rings. The molecule has 0 radical (unpaired) electrons. The Morgan fingerprint density at radius 3 is 1.46 bits per heavy atom. The van der Waals surface area contributed by atoms with Crippen LogP contribution in [0, 0.1) is 23.3 Å². The molecule has 2 amide bonds. The minimum atomic E-state index is -1.79. The molecule has 4 aromatic carbocycles. The molecule has 0 saturated heterocycles. The summed E-state index contributed by atoms with van der Waals surface area (Å²) in [4.78, 5) is 52.4. The number of benzene rings is 4.